The second-order valence-corrected chi connectivity index (χ2v) is 8.39. The van der Waals surface area contributed by atoms with Crippen molar-refractivity contribution in [3.63, 3.8) is 0 Å². The molecule has 0 aliphatic carbocycles. The van der Waals surface area contributed by atoms with Crippen molar-refractivity contribution in [1.82, 2.24) is 10.2 Å². The number of carbonyl (C=O) groups is 1. The van der Waals surface area contributed by atoms with E-state index >= 15 is 0 Å². The first-order chi connectivity index (χ1) is 13.1. The number of nitrogens with zero attached hydrogens (tertiary/aromatic N) is 1. The van der Waals surface area contributed by atoms with Crippen LogP contribution in [0, 0.1) is 0 Å². The Hall–Kier alpha value is -2.05. The number of ether oxygens (including phenoxy) is 2. The van der Waals surface area contributed by atoms with Crippen LogP contribution in [-0.4, -0.2) is 43.1 Å². The fraction of sp³-hybridized carbons (Fsp3) is 0.476. The summed E-state index contributed by atoms with van der Waals surface area (Å²) in [5.41, 5.74) is 1.01. The van der Waals surface area contributed by atoms with Gasteiger partial charge in [-0.3, -0.25) is 4.79 Å². The summed E-state index contributed by atoms with van der Waals surface area (Å²) < 4.78 is 11.0. The third kappa shape index (κ3) is 4.12. The van der Waals surface area contributed by atoms with E-state index in [4.69, 9.17) is 9.47 Å². The van der Waals surface area contributed by atoms with E-state index in [9.17, 15) is 4.79 Å². The van der Waals surface area contributed by atoms with Crippen LogP contribution in [0.5, 0.6) is 11.5 Å². The highest BCUT2D eigenvalue weighted by Gasteiger charge is 2.38. The third-order valence-electron chi connectivity index (χ3n) is 5.76. The number of rotatable bonds is 6. The normalized spacial score (nSPS) is 24.6. The zero-order valence-electron chi connectivity index (χ0n) is 15.8. The summed E-state index contributed by atoms with van der Waals surface area (Å²) in [7, 11) is 3.85. The van der Waals surface area contributed by atoms with Crippen molar-refractivity contribution >= 4 is 17.2 Å². The number of benzene rings is 1. The van der Waals surface area contributed by atoms with Gasteiger partial charge in [0.05, 0.1) is 12.0 Å². The van der Waals surface area contributed by atoms with Crippen LogP contribution >= 0.6 is 11.3 Å². The van der Waals surface area contributed by atoms with E-state index in [0.717, 1.165) is 34.8 Å². The quantitative estimate of drug-likeness (QED) is 0.823. The summed E-state index contributed by atoms with van der Waals surface area (Å²) in [5, 5.41) is 5.24. The molecule has 4 rings (SSSR count). The highest BCUT2D eigenvalue weighted by Crippen LogP contribution is 2.34. The van der Waals surface area contributed by atoms with Gasteiger partial charge in [0.15, 0.2) is 0 Å². The standard InChI is InChI=1S/C21H26N2O3S/c1-23-16-6-7-17(23)10-15(9-16)22-21(24)20-8-14(13-27-20)12-26-19-5-3-4-18(11-19)25-2/h3-5,8,11,13,15-17H,6-7,9-10,12H2,1-2H3,(H,22,24). The first-order valence-electron chi connectivity index (χ1n) is 9.49. The van der Waals surface area contributed by atoms with Gasteiger partial charge in [-0.25, -0.2) is 0 Å². The molecule has 27 heavy (non-hydrogen) atoms. The molecule has 6 heteroatoms. The van der Waals surface area contributed by atoms with Crippen LogP contribution in [0.1, 0.15) is 40.9 Å². The number of amides is 1. The van der Waals surface area contributed by atoms with E-state index < -0.39 is 0 Å². The highest BCUT2D eigenvalue weighted by molar-refractivity contribution is 7.12. The Balaban J connectivity index is 1.31. The minimum absolute atomic E-state index is 0.0431. The minimum atomic E-state index is 0.0431. The van der Waals surface area contributed by atoms with Gasteiger partial charge in [0.1, 0.15) is 18.1 Å². The molecule has 2 saturated heterocycles. The SMILES string of the molecule is COc1cccc(OCc2csc(C(=O)NC3CC4CCC(C3)N4C)c2)c1. The van der Waals surface area contributed by atoms with Gasteiger partial charge >= 0.3 is 0 Å². The van der Waals surface area contributed by atoms with Gasteiger partial charge in [0, 0.05) is 29.8 Å². The molecule has 2 aliphatic rings. The first-order valence-corrected chi connectivity index (χ1v) is 10.4. The molecule has 5 nitrogen and oxygen atoms in total. The van der Waals surface area contributed by atoms with E-state index in [1.165, 1.54) is 24.2 Å². The molecule has 2 bridgehead atoms. The number of carbonyl (C=O) groups excluding carboxylic acids is 1. The second-order valence-electron chi connectivity index (χ2n) is 7.48. The molecule has 2 aliphatic heterocycles. The van der Waals surface area contributed by atoms with Crippen LogP contribution in [0.2, 0.25) is 0 Å². The maximum Gasteiger partial charge on any atom is 0.261 e. The summed E-state index contributed by atoms with van der Waals surface area (Å²) in [6.07, 6.45) is 4.66. The molecule has 3 heterocycles. The maximum absolute atomic E-state index is 12.6. The smallest absolute Gasteiger partial charge is 0.261 e. The molecular formula is C21H26N2O3S. The molecule has 0 radical (unpaired) electrons. The molecule has 0 saturated carbocycles. The number of fused-ring (bicyclic) bond motifs is 2. The van der Waals surface area contributed by atoms with E-state index in [1.807, 2.05) is 35.7 Å². The molecule has 1 aromatic heterocycles. The monoisotopic (exact) mass is 386 g/mol. The predicted octanol–water partition coefficient (Wildman–Crippen LogP) is 3.69. The average Bonchev–Trinajstić information content (AvgIpc) is 3.22. The van der Waals surface area contributed by atoms with E-state index in [-0.39, 0.29) is 5.91 Å². The molecule has 1 amide bonds. The van der Waals surface area contributed by atoms with Crippen molar-refractivity contribution in [1.29, 1.82) is 0 Å². The van der Waals surface area contributed by atoms with Gasteiger partial charge in [-0.05, 0) is 56.3 Å². The molecule has 2 atom stereocenters. The Morgan fingerprint density at radius 3 is 2.70 bits per heavy atom. The Morgan fingerprint density at radius 1 is 1.22 bits per heavy atom. The minimum Gasteiger partial charge on any atom is -0.497 e. The van der Waals surface area contributed by atoms with Crippen molar-refractivity contribution in [3.05, 3.63) is 46.2 Å². The van der Waals surface area contributed by atoms with E-state index in [1.54, 1.807) is 7.11 Å². The molecule has 1 N–H and O–H groups in total. The van der Waals surface area contributed by atoms with Crippen molar-refractivity contribution in [2.45, 2.75) is 50.4 Å². The highest BCUT2D eigenvalue weighted by atomic mass is 32.1. The summed E-state index contributed by atoms with van der Waals surface area (Å²) in [5.74, 6) is 1.57. The van der Waals surface area contributed by atoms with Crippen LogP contribution in [0.3, 0.4) is 0 Å². The van der Waals surface area contributed by atoms with Crippen LogP contribution in [0.15, 0.2) is 35.7 Å². The van der Waals surface area contributed by atoms with Gasteiger partial charge in [-0.15, -0.1) is 11.3 Å². The fourth-order valence-corrected chi connectivity index (χ4v) is 5.01. The van der Waals surface area contributed by atoms with Crippen molar-refractivity contribution in [3.8, 4) is 11.5 Å². The Morgan fingerprint density at radius 2 is 1.96 bits per heavy atom. The van der Waals surface area contributed by atoms with Gasteiger partial charge in [0.25, 0.3) is 5.91 Å². The number of nitrogens with one attached hydrogen (secondary N) is 1. The van der Waals surface area contributed by atoms with Gasteiger partial charge in [0.2, 0.25) is 0 Å². The Kier molecular flexibility index (Phi) is 5.36. The third-order valence-corrected chi connectivity index (χ3v) is 6.74. The zero-order valence-corrected chi connectivity index (χ0v) is 16.6. The molecule has 0 spiro atoms. The average molecular weight is 387 g/mol. The molecule has 144 valence electrons. The summed E-state index contributed by atoms with van der Waals surface area (Å²) >= 11 is 1.48. The number of hydrogen-bond acceptors (Lipinski definition) is 5. The van der Waals surface area contributed by atoms with Crippen LogP contribution in [0.4, 0.5) is 0 Å². The second kappa shape index (κ2) is 7.90. The van der Waals surface area contributed by atoms with E-state index in [0.29, 0.717) is 24.7 Å². The summed E-state index contributed by atoms with van der Waals surface area (Å²) in [6, 6.07) is 11.0. The fourth-order valence-electron chi connectivity index (χ4n) is 4.21. The van der Waals surface area contributed by atoms with Crippen molar-refractivity contribution < 1.29 is 14.3 Å². The van der Waals surface area contributed by atoms with Crippen LogP contribution in [-0.2, 0) is 6.61 Å². The lowest BCUT2D eigenvalue weighted by molar-refractivity contribution is 0.0886. The lowest BCUT2D eigenvalue weighted by Crippen LogP contribution is -2.48. The predicted molar refractivity (Wildman–Crippen MR) is 107 cm³/mol. The van der Waals surface area contributed by atoms with Crippen LogP contribution < -0.4 is 14.8 Å². The van der Waals surface area contributed by atoms with Gasteiger partial charge < -0.3 is 19.7 Å². The summed E-state index contributed by atoms with van der Waals surface area (Å²) in [4.78, 5) is 15.9. The number of methoxy groups -OCH3 is 1. The maximum atomic E-state index is 12.6. The topological polar surface area (TPSA) is 50.8 Å². The number of hydrogen-bond donors (Lipinski definition) is 1. The lowest BCUT2D eigenvalue weighted by atomic mass is 9.98. The van der Waals surface area contributed by atoms with Gasteiger partial charge in [-0.1, -0.05) is 6.07 Å². The summed E-state index contributed by atoms with van der Waals surface area (Å²) in [6.45, 7) is 0.440. The molecule has 2 unspecified atom stereocenters. The molecule has 1 aromatic carbocycles. The molecular weight excluding hydrogens is 360 g/mol. The van der Waals surface area contributed by atoms with Crippen molar-refractivity contribution in [2.24, 2.45) is 0 Å². The molecule has 2 aromatic rings. The zero-order chi connectivity index (χ0) is 18.8. The Labute approximate surface area is 164 Å². The number of thiophene rings is 1. The molecule has 2 fully saturated rings. The Bertz CT molecular complexity index is 792. The van der Waals surface area contributed by atoms with Gasteiger partial charge in [-0.2, -0.15) is 0 Å². The first kappa shape index (κ1) is 18.3. The van der Waals surface area contributed by atoms with E-state index in [2.05, 4.69) is 17.3 Å². The van der Waals surface area contributed by atoms with Crippen LogP contribution in [0.25, 0.3) is 0 Å². The lowest BCUT2D eigenvalue weighted by Gasteiger charge is -2.36. The largest absolute Gasteiger partial charge is 0.497 e. The van der Waals surface area contributed by atoms with Crippen molar-refractivity contribution in [2.75, 3.05) is 14.2 Å². The number of piperidine rings is 1.